The molecule has 2 N–H and O–H groups in total. The molecule has 0 saturated heterocycles. The van der Waals surface area contributed by atoms with Gasteiger partial charge in [0.1, 0.15) is 17.0 Å². The summed E-state index contributed by atoms with van der Waals surface area (Å²) in [6, 6.07) is 4.18. The summed E-state index contributed by atoms with van der Waals surface area (Å²) in [7, 11) is 3.58. The fourth-order valence-electron chi connectivity index (χ4n) is 2.53. The minimum atomic E-state index is -0.833. The number of hydrogen-bond donors (Lipinski definition) is 2. The molecule has 1 aromatic rings. The van der Waals surface area contributed by atoms with Crippen LogP contribution in [0, 0.1) is 0 Å². The Kier molecular flexibility index (Phi) is 3.64. The average Bonchev–Trinajstić information content (AvgIpc) is 2.39. The highest BCUT2D eigenvalue weighted by molar-refractivity contribution is 5.32. The summed E-state index contributed by atoms with van der Waals surface area (Å²) >= 11 is 0. The molecule has 1 fully saturated rings. The van der Waals surface area contributed by atoms with Crippen LogP contribution < -0.4 is 10.1 Å². The summed E-state index contributed by atoms with van der Waals surface area (Å²) in [6.45, 7) is 0. The fourth-order valence-corrected chi connectivity index (χ4v) is 2.53. The molecule has 0 spiro atoms. The molecular weight excluding hydrogens is 216 g/mol. The third-order valence-electron chi connectivity index (χ3n) is 3.65. The summed E-state index contributed by atoms with van der Waals surface area (Å²) < 4.78 is 5.28. The molecule has 0 radical (unpaired) electrons. The van der Waals surface area contributed by atoms with Gasteiger partial charge in [-0.25, -0.2) is 0 Å². The van der Waals surface area contributed by atoms with E-state index in [9.17, 15) is 5.11 Å². The van der Waals surface area contributed by atoms with Gasteiger partial charge < -0.3 is 15.2 Å². The monoisotopic (exact) mass is 236 g/mol. The SMILES string of the molecule is CNC1CCC(O)(c2ncccc2OC)CC1. The van der Waals surface area contributed by atoms with Crippen molar-refractivity contribution in [2.75, 3.05) is 14.2 Å². The Morgan fingerprint density at radius 2 is 2.18 bits per heavy atom. The second kappa shape index (κ2) is 5.02. The maximum Gasteiger partial charge on any atom is 0.143 e. The number of aliphatic hydroxyl groups is 1. The van der Waals surface area contributed by atoms with Crippen LogP contribution in [0.1, 0.15) is 31.4 Å². The van der Waals surface area contributed by atoms with Crippen LogP contribution in [-0.4, -0.2) is 30.3 Å². The molecule has 4 nitrogen and oxygen atoms in total. The maximum atomic E-state index is 10.7. The lowest BCUT2D eigenvalue weighted by molar-refractivity contribution is -0.0134. The van der Waals surface area contributed by atoms with Crippen LogP contribution in [0.2, 0.25) is 0 Å². The minimum Gasteiger partial charge on any atom is -0.495 e. The number of nitrogens with zero attached hydrogens (tertiary/aromatic N) is 1. The van der Waals surface area contributed by atoms with E-state index in [0.29, 0.717) is 17.5 Å². The molecule has 94 valence electrons. The molecule has 1 saturated carbocycles. The number of pyridine rings is 1. The largest absolute Gasteiger partial charge is 0.495 e. The van der Waals surface area contributed by atoms with Crippen molar-refractivity contribution in [1.82, 2.24) is 10.3 Å². The highest BCUT2D eigenvalue weighted by Crippen LogP contribution is 2.39. The lowest BCUT2D eigenvalue weighted by Gasteiger charge is -2.36. The van der Waals surface area contributed by atoms with Crippen molar-refractivity contribution < 1.29 is 9.84 Å². The average molecular weight is 236 g/mol. The Morgan fingerprint density at radius 3 is 2.76 bits per heavy atom. The van der Waals surface area contributed by atoms with E-state index in [2.05, 4.69) is 10.3 Å². The van der Waals surface area contributed by atoms with Gasteiger partial charge in [0.05, 0.1) is 7.11 Å². The van der Waals surface area contributed by atoms with Crippen LogP contribution in [0.25, 0.3) is 0 Å². The fraction of sp³-hybridized carbons (Fsp3) is 0.615. The van der Waals surface area contributed by atoms with Crippen LogP contribution in [0.4, 0.5) is 0 Å². The zero-order chi connectivity index (χ0) is 12.3. The Morgan fingerprint density at radius 1 is 1.47 bits per heavy atom. The lowest BCUT2D eigenvalue weighted by Crippen LogP contribution is -2.39. The first-order valence-corrected chi connectivity index (χ1v) is 6.09. The highest BCUT2D eigenvalue weighted by Gasteiger charge is 2.37. The first-order chi connectivity index (χ1) is 8.19. The summed E-state index contributed by atoms with van der Waals surface area (Å²) in [5, 5.41) is 14.0. The lowest BCUT2D eigenvalue weighted by atomic mass is 9.79. The molecule has 1 aromatic heterocycles. The zero-order valence-electron chi connectivity index (χ0n) is 10.4. The van der Waals surface area contributed by atoms with Crippen molar-refractivity contribution in [2.24, 2.45) is 0 Å². The van der Waals surface area contributed by atoms with E-state index >= 15 is 0 Å². The summed E-state index contributed by atoms with van der Waals surface area (Å²) in [5.41, 5.74) is -0.156. The van der Waals surface area contributed by atoms with Gasteiger partial charge in [-0.3, -0.25) is 4.98 Å². The zero-order valence-corrected chi connectivity index (χ0v) is 10.4. The molecule has 4 heteroatoms. The molecule has 1 aliphatic carbocycles. The smallest absolute Gasteiger partial charge is 0.143 e. The van der Waals surface area contributed by atoms with Gasteiger partial charge >= 0.3 is 0 Å². The molecule has 0 atom stereocenters. The molecule has 0 aromatic carbocycles. The van der Waals surface area contributed by atoms with E-state index in [4.69, 9.17) is 4.74 Å². The van der Waals surface area contributed by atoms with Crippen LogP contribution in [0.3, 0.4) is 0 Å². The first kappa shape index (κ1) is 12.3. The Hall–Kier alpha value is -1.13. The second-order valence-corrected chi connectivity index (χ2v) is 4.65. The maximum absolute atomic E-state index is 10.7. The number of ether oxygens (including phenoxy) is 1. The minimum absolute atomic E-state index is 0.505. The van der Waals surface area contributed by atoms with E-state index in [1.807, 2.05) is 19.2 Å². The van der Waals surface area contributed by atoms with Gasteiger partial charge in [-0.1, -0.05) is 0 Å². The molecule has 0 bridgehead atoms. The van der Waals surface area contributed by atoms with Crippen LogP contribution in [0.15, 0.2) is 18.3 Å². The van der Waals surface area contributed by atoms with Gasteiger partial charge in [0.2, 0.25) is 0 Å². The quantitative estimate of drug-likeness (QED) is 0.834. The van der Waals surface area contributed by atoms with E-state index in [1.54, 1.807) is 13.3 Å². The van der Waals surface area contributed by atoms with Crippen molar-refractivity contribution in [2.45, 2.75) is 37.3 Å². The normalized spacial score (nSPS) is 29.0. The topological polar surface area (TPSA) is 54.4 Å². The highest BCUT2D eigenvalue weighted by atomic mass is 16.5. The van der Waals surface area contributed by atoms with Crippen LogP contribution in [-0.2, 0) is 5.60 Å². The number of nitrogens with one attached hydrogen (secondary N) is 1. The summed E-state index contributed by atoms with van der Waals surface area (Å²) in [4.78, 5) is 4.30. The van der Waals surface area contributed by atoms with Crippen molar-refractivity contribution in [3.05, 3.63) is 24.0 Å². The molecule has 17 heavy (non-hydrogen) atoms. The first-order valence-electron chi connectivity index (χ1n) is 6.09. The second-order valence-electron chi connectivity index (χ2n) is 4.65. The number of aromatic nitrogens is 1. The molecule has 2 rings (SSSR count). The van der Waals surface area contributed by atoms with Crippen molar-refractivity contribution in [1.29, 1.82) is 0 Å². The molecular formula is C13H20N2O2. The van der Waals surface area contributed by atoms with Gasteiger partial charge in [0, 0.05) is 12.2 Å². The van der Waals surface area contributed by atoms with E-state index in [0.717, 1.165) is 25.7 Å². The molecule has 0 amide bonds. The van der Waals surface area contributed by atoms with E-state index in [-0.39, 0.29) is 0 Å². The predicted molar refractivity (Wildman–Crippen MR) is 66.0 cm³/mol. The molecule has 1 aliphatic rings. The van der Waals surface area contributed by atoms with Gasteiger partial charge in [-0.2, -0.15) is 0 Å². The number of rotatable bonds is 3. The van der Waals surface area contributed by atoms with Gasteiger partial charge in [-0.15, -0.1) is 0 Å². The van der Waals surface area contributed by atoms with E-state index < -0.39 is 5.60 Å². The van der Waals surface area contributed by atoms with E-state index in [1.165, 1.54) is 0 Å². The van der Waals surface area contributed by atoms with Crippen molar-refractivity contribution >= 4 is 0 Å². The Labute approximate surface area is 102 Å². The number of methoxy groups -OCH3 is 1. The third kappa shape index (κ3) is 2.42. The van der Waals surface area contributed by atoms with Gasteiger partial charge in [-0.05, 0) is 44.9 Å². The predicted octanol–water partition coefficient (Wildman–Crippen LogP) is 1.44. The van der Waals surface area contributed by atoms with Crippen molar-refractivity contribution in [3.8, 4) is 5.75 Å². The standard InChI is InChI=1S/C13H20N2O2/c1-14-10-5-7-13(16,8-6-10)12-11(17-2)4-3-9-15-12/h3-4,9-10,14,16H,5-8H2,1-2H3. The van der Waals surface area contributed by atoms with Crippen molar-refractivity contribution in [3.63, 3.8) is 0 Å². The van der Waals surface area contributed by atoms with Gasteiger partial charge in [0.15, 0.2) is 0 Å². The van der Waals surface area contributed by atoms with Gasteiger partial charge in [0.25, 0.3) is 0 Å². The van der Waals surface area contributed by atoms with Crippen LogP contribution in [0.5, 0.6) is 5.75 Å². The number of hydrogen-bond acceptors (Lipinski definition) is 4. The molecule has 0 unspecified atom stereocenters. The molecule has 1 heterocycles. The Bertz CT molecular complexity index is 373. The summed E-state index contributed by atoms with van der Waals surface area (Å²) in [5.74, 6) is 0.679. The van der Waals surface area contributed by atoms with Crippen LogP contribution >= 0.6 is 0 Å². The molecule has 0 aliphatic heterocycles. The summed E-state index contributed by atoms with van der Waals surface area (Å²) in [6.07, 6.45) is 5.09. The third-order valence-corrected chi connectivity index (χ3v) is 3.65. The Balaban J connectivity index is 2.21.